The highest BCUT2D eigenvalue weighted by Crippen LogP contribution is 2.25. The molecule has 4 heteroatoms. The zero-order valence-corrected chi connectivity index (χ0v) is 13.6. The summed E-state index contributed by atoms with van der Waals surface area (Å²) >= 11 is 13.4. The first-order chi connectivity index (χ1) is 9.47. The maximum atomic E-state index is 12.2. The van der Waals surface area contributed by atoms with Gasteiger partial charge in [-0.3, -0.25) is 4.79 Å². The summed E-state index contributed by atoms with van der Waals surface area (Å²) in [6, 6.07) is 11.1. The van der Waals surface area contributed by atoms with Gasteiger partial charge >= 0.3 is 0 Å². The molecule has 1 nitrogen and oxygen atoms in total. The average molecular weight is 325 g/mol. The van der Waals surface area contributed by atoms with E-state index in [0.29, 0.717) is 21.4 Å². The standard InChI is InChI=1S/C16H14Cl2OS/c1-10-3-5-13(7-11(10)2)20-9-16(19)14-8-12(17)4-6-15(14)18/h3-8H,9H2,1-2H3. The van der Waals surface area contributed by atoms with Crippen molar-refractivity contribution in [3.63, 3.8) is 0 Å². The monoisotopic (exact) mass is 324 g/mol. The predicted octanol–water partition coefficient (Wildman–Crippen LogP) is 5.59. The minimum Gasteiger partial charge on any atom is -0.293 e. The lowest BCUT2D eigenvalue weighted by molar-refractivity contribution is 0.102. The molecule has 0 amide bonds. The molecule has 0 aliphatic heterocycles. The van der Waals surface area contributed by atoms with Crippen LogP contribution in [-0.2, 0) is 0 Å². The largest absolute Gasteiger partial charge is 0.293 e. The van der Waals surface area contributed by atoms with Crippen molar-refractivity contribution >= 4 is 40.7 Å². The fourth-order valence-electron chi connectivity index (χ4n) is 1.74. The van der Waals surface area contributed by atoms with Gasteiger partial charge in [0.1, 0.15) is 0 Å². The average Bonchev–Trinajstić information content (AvgIpc) is 2.42. The Balaban J connectivity index is 2.08. The fraction of sp³-hybridized carbons (Fsp3) is 0.188. The summed E-state index contributed by atoms with van der Waals surface area (Å²) in [4.78, 5) is 13.3. The van der Waals surface area contributed by atoms with Crippen molar-refractivity contribution in [3.8, 4) is 0 Å². The molecule has 0 fully saturated rings. The maximum absolute atomic E-state index is 12.2. The summed E-state index contributed by atoms with van der Waals surface area (Å²) in [5.41, 5.74) is 2.96. The highest BCUT2D eigenvalue weighted by atomic mass is 35.5. The van der Waals surface area contributed by atoms with E-state index in [4.69, 9.17) is 23.2 Å². The van der Waals surface area contributed by atoms with Crippen LogP contribution in [0, 0.1) is 13.8 Å². The lowest BCUT2D eigenvalue weighted by Gasteiger charge is -2.06. The molecular formula is C16H14Cl2OS. The number of carbonyl (C=O) groups is 1. The smallest absolute Gasteiger partial charge is 0.174 e. The quantitative estimate of drug-likeness (QED) is 0.539. The molecule has 0 N–H and O–H groups in total. The zero-order chi connectivity index (χ0) is 14.7. The van der Waals surface area contributed by atoms with Gasteiger partial charge in [-0.15, -0.1) is 11.8 Å². The number of hydrogen-bond acceptors (Lipinski definition) is 2. The molecule has 0 heterocycles. The van der Waals surface area contributed by atoms with Crippen LogP contribution >= 0.6 is 35.0 Å². The van der Waals surface area contributed by atoms with E-state index in [1.54, 1.807) is 18.2 Å². The first-order valence-corrected chi connectivity index (χ1v) is 7.90. The molecule has 0 aromatic heterocycles. The molecule has 2 aromatic rings. The first-order valence-electron chi connectivity index (χ1n) is 6.15. The first kappa shape index (κ1) is 15.4. The van der Waals surface area contributed by atoms with Crippen molar-refractivity contribution < 1.29 is 4.79 Å². The van der Waals surface area contributed by atoms with Gasteiger partial charge in [-0.2, -0.15) is 0 Å². The minimum atomic E-state index is -0.0132. The fourth-order valence-corrected chi connectivity index (χ4v) is 3.01. The van der Waals surface area contributed by atoms with E-state index in [-0.39, 0.29) is 5.78 Å². The Morgan fingerprint density at radius 2 is 1.80 bits per heavy atom. The van der Waals surface area contributed by atoms with Crippen LogP contribution < -0.4 is 0 Å². The molecule has 20 heavy (non-hydrogen) atoms. The van der Waals surface area contributed by atoms with Crippen molar-refractivity contribution in [3.05, 3.63) is 63.1 Å². The molecule has 0 atom stereocenters. The number of aryl methyl sites for hydroxylation is 2. The van der Waals surface area contributed by atoms with Gasteiger partial charge in [0.2, 0.25) is 0 Å². The van der Waals surface area contributed by atoms with Gasteiger partial charge in [0.05, 0.1) is 10.8 Å². The minimum absolute atomic E-state index is 0.0132. The Morgan fingerprint density at radius 1 is 1.05 bits per heavy atom. The van der Waals surface area contributed by atoms with Gasteiger partial charge in [-0.1, -0.05) is 29.3 Å². The Bertz CT molecular complexity index is 653. The lowest BCUT2D eigenvalue weighted by Crippen LogP contribution is -2.03. The number of halogens is 2. The molecule has 0 aliphatic rings. The van der Waals surface area contributed by atoms with E-state index in [0.717, 1.165) is 4.90 Å². The SMILES string of the molecule is Cc1ccc(SCC(=O)c2cc(Cl)ccc2Cl)cc1C. The lowest BCUT2D eigenvalue weighted by atomic mass is 10.1. The van der Waals surface area contributed by atoms with Crippen molar-refractivity contribution in [1.29, 1.82) is 0 Å². The Labute approximate surface area is 133 Å². The van der Waals surface area contributed by atoms with Gasteiger partial charge < -0.3 is 0 Å². The second kappa shape index (κ2) is 6.66. The van der Waals surface area contributed by atoms with Crippen LogP contribution in [0.2, 0.25) is 10.0 Å². The topological polar surface area (TPSA) is 17.1 Å². The van der Waals surface area contributed by atoms with E-state index in [9.17, 15) is 4.79 Å². The van der Waals surface area contributed by atoms with Crippen LogP contribution in [0.3, 0.4) is 0 Å². The number of thioether (sulfide) groups is 1. The Kier molecular flexibility index (Phi) is 5.14. The highest BCUT2D eigenvalue weighted by Gasteiger charge is 2.11. The van der Waals surface area contributed by atoms with Gasteiger partial charge in [0, 0.05) is 15.5 Å². The van der Waals surface area contributed by atoms with Gasteiger partial charge in [-0.05, 0) is 55.3 Å². The summed E-state index contributed by atoms with van der Waals surface area (Å²) < 4.78 is 0. The molecular weight excluding hydrogens is 311 g/mol. The number of benzene rings is 2. The summed E-state index contributed by atoms with van der Waals surface area (Å²) in [6.45, 7) is 4.13. The van der Waals surface area contributed by atoms with Crippen LogP contribution in [-0.4, -0.2) is 11.5 Å². The van der Waals surface area contributed by atoms with E-state index < -0.39 is 0 Å². The predicted molar refractivity (Wildman–Crippen MR) is 87.4 cm³/mol. The van der Waals surface area contributed by atoms with Crippen LogP contribution in [0.25, 0.3) is 0 Å². The van der Waals surface area contributed by atoms with Crippen LogP contribution in [0.15, 0.2) is 41.3 Å². The van der Waals surface area contributed by atoms with Crippen molar-refractivity contribution in [1.82, 2.24) is 0 Å². The highest BCUT2D eigenvalue weighted by molar-refractivity contribution is 8.00. The molecule has 2 aromatic carbocycles. The van der Waals surface area contributed by atoms with Gasteiger partial charge in [0.15, 0.2) is 5.78 Å². The molecule has 0 unspecified atom stereocenters. The molecule has 0 radical (unpaired) electrons. The molecule has 104 valence electrons. The molecule has 2 rings (SSSR count). The zero-order valence-electron chi connectivity index (χ0n) is 11.2. The second-order valence-corrected chi connectivity index (χ2v) is 6.47. The van der Waals surface area contributed by atoms with E-state index >= 15 is 0 Å². The van der Waals surface area contributed by atoms with Crippen LogP contribution in [0.5, 0.6) is 0 Å². The van der Waals surface area contributed by atoms with Crippen molar-refractivity contribution in [2.24, 2.45) is 0 Å². The summed E-state index contributed by atoms with van der Waals surface area (Å²) in [6.07, 6.45) is 0. The molecule has 0 bridgehead atoms. The normalized spacial score (nSPS) is 10.6. The third-order valence-electron chi connectivity index (χ3n) is 3.08. The maximum Gasteiger partial charge on any atom is 0.174 e. The Morgan fingerprint density at radius 3 is 2.50 bits per heavy atom. The van der Waals surface area contributed by atoms with E-state index in [1.165, 1.54) is 22.9 Å². The van der Waals surface area contributed by atoms with Gasteiger partial charge in [-0.25, -0.2) is 0 Å². The summed E-state index contributed by atoms with van der Waals surface area (Å²) in [7, 11) is 0. The summed E-state index contributed by atoms with van der Waals surface area (Å²) in [5, 5.41) is 0.967. The van der Waals surface area contributed by atoms with E-state index in [1.807, 2.05) is 6.07 Å². The molecule has 0 saturated heterocycles. The van der Waals surface area contributed by atoms with Crippen molar-refractivity contribution in [2.75, 3.05) is 5.75 Å². The summed E-state index contributed by atoms with van der Waals surface area (Å²) in [5.74, 6) is 0.337. The molecule has 0 saturated carbocycles. The number of hydrogen-bond donors (Lipinski definition) is 0. The van der Waals surface area contributed by atoms with Crippen LogP contribution in [0.1, 0.15) is 21.5 Å². The molecule has 0 spiro atoms. The van der Waals surface area contributed by atoms with E-state index in [2.05, 4.69) is 26.0 Å². The number of Topliss-reactive ketones (excluding diaryl/α,β-unsaturated/α-hetero) is 1. The van der Waals surface area contributed by atoms with Crippen molar-refractivity contribution in [2.45, 2.75) is 18.7 Å². The number of rotatable bonds is 4. The molecule has 0 aliphatic carbocycles. The second-order valence-electron chi connectivity index (χ2n) is 4.58. The third kappa shape index (κ3) is 3.78. The number of carbonyl (C=O) groups excluding carboxylic acids is 1. The number of ketones is 1. The van der Waals surface area contributed by atoms with Gasteiger partial charge in [0.25, 0.3) is 0 Å². The Hall–Kier alpha value is -0.960. The third-order valence-corrected chi connectivity index (χ3v) is 4.64. The van der Waals surface area contributed by atoms with Crippen LogP contribution in [0.4, 0.5) is 0 Å².